The molecule has 114 valence electrons. The van der Waals surface area contributed by atoms with Crippen LogP contribution >= 0.6 is 0 Å². The topological polar surface area (TPSA) is 90.7 Å². The first-order chi connectivity index (χ1) is 9.35. The third-order valence-corrected chi connectivity index (χ3v) is 4.90. The van der Waals surface area contributed by atoms with Gasteiger partial charge in [0.25, 0.3) is 0 Å². The van der Waals surface area contributed by atoms with E-state index < -0.39 is 5.54 Å². The van der Waals surface area contributed by atoms with E-state index in [0.29, 0.717) is 26.0 Å². The van der Waals surface area contributed by atoms with Gasteiger partial charge in [0, 0.05) is 30.9 Å². The van der Waals surface area contributed by atoms with Crippen molar-refractivity contribution in [1.82, 2.24) is 5.32 Å². The fourth-order valence-corrected chi connectivity index (χ4v) is 3.53. The van der Waals surface area contributed by atoms with Crippen molar-refractivity contribution in [1.29, 1.82) is 0 Å². The van der Waals surface area contributed by atoms with Crippen LogP contribution in [0.4, 0.5) is 0 Å². The van der Waals surface area contributed by atoms with Gasteiger partial charge in [0.05, 0.1) is 13.2 Å². The van der Waals surface area contributed by atoms with Crippen molar-refractivity contribution < 1.29 is 19.1 Å². The van der Waals surface area contributed by atoms with Gasteiger partial charge in [-0.2, -0.15) is 0 Å². The number of nitrogens with two attached hydrogens (primary N) is 1. The summed E-state index contributed by atoms with van der Waals surface area (Å²) in [4.78, 5) is 23.4. The molecule has 2 aliphatic rings. The van der Waals surface area contributed by atoms with E-state index in [9.17, 15) is 9.59 Å². The lowest BCUT2D eigenvalue weighted by Gasteiger charge is -2.60. The molecule has 0 radical (unpaired) electrons. The van der Waals surface area contributed by atoms with Crippen molar-refractivity contribution in [3.8, 4) is 0 Å². The third-order valence-electron chi connectivity index (χ3n) is 4.90. The molecule has 2 fully saturated rings. The lowest BCUT2D eigenvalue weighted by molar-refractivity contribution is -0.175. The minimum atomic E-state index is -0.876. The first-order valence-corrected chi connectivity index (χ1v) is 7.11. The van der Waals surface area contributed by atoms with Crippen molar-refractivity contribution in [2.45, 2.75) is 44.8 Å². The first kappa shape index (κ1) is 15.3. The maximum Gasteiger partial charge on any atom is 0.305 e. The smallest absolute Gasteiger partial charge is 0.305 e. The Kier molecular flexibility index (Phi) is 4.07. The van der Waals surface area contributed by atoms with Gasteiger partial charge in [0.2, 0.25) is 5.91 Å². The van der Waals surface area contributed by atoms with Crippen LogP contribution < -0.4 is 11.1 Å². The van der Waals surface area contributed by atoms with Crippen molar-refractivity contribution in [2.75, 3.05) is 20.3 Å². The number of esters is 1. The van der Waals surface area contributed by atoms with E-state index in [4.69, 9.17) is 10.5 Å². The normalized spacial score (nSPS) is 34.0. The van der Waals surface area contributed by atoms with Crippen molar-refractivity contribution in [3.63, 3.8) is 0 Å². The summed E-state index contributed by atoms with van der Waals surface area (Å²) in [5, 5.41) is 2.85. The first-order valence-electron chi connectivity index (χ1n) is 7.11. The molecular weight excluding hydrogens is 260 g/mol. The zero-order chi connectivity index (χ0) is 15.0. The summed E-state index contributed by atoms with van der Waals surface area (Å²) in [5.41, 5.74) is 5.16. The average molecular weight is 284 g/mol. The van der Waals surface area contributed by atoms with E-state index in [1.165, 1.54) is 7.11 Å². The Morgan fingerprint density at radius 3 is 2.80 bits per heavy atom. The van der Waals surface area contributed by atoms with E-state index in [0.717, 1.165) is 6.42 Å². The predicted octanol–water partition coefficient (Wildman–Crippen LogP) is 0.198. The van der Waals surface area contributed by atoms with E-state index in [1.54, 1.807) is 0 Å². The number of hydrogen-bond acceptors (Lipinski definition) is 5. The molecule has 1 saturated carbocycles. The van der Waals surface area contributed by atoms with Crippen LogP contribution in [0.5, 0.6) is 0 Å². The second-order valence-corrected chi connectivity index (χ2v) is 6.21. The molecule has 3 atom stereocenters. The van der Waals surface area contributed by atoms with Crippen LogP contribution in [0.2, 0.25) is 0 Å². The molecule has 6 heteroatoms. The van der Waals surface area contributed by atoms with Gasteiger partial charge < -0.3 is 20.5 Å². The molecule has 20 heavy (non-hydrogen) atoms. The van der Waals surface area contributed by atoms with Crippen LogP contribution in [-0.4, -0.2) is 43.8 Å². The van der Waals surface area contributed by atoms with Crippen LogP contribution in [0.15, 0.2) is 0 Å². The molecule has 0 aromatic heterocycles. The lowest BCUT2D eigenvalue weighted by Crippen LogP contribution is -2.80. The zero-order valence-corrected chi connectivity index (χ0v) is 12.4. The van der Waals surface area contributed by atoms with Gasteiger partial charge in [-0.15, -0.1) is 0 Å². The SMILES string of the molecule is COC(=O)CCCNC(=O)C1(N)C2CCOC2C1(C)C. The largest absolute Gasteiger partial charge is 0.469 e. The highest BCUT2D eigenvalue weighted by molar-refractivity contribution is 5.89. The highest BCUT2D eigenvalue weighted by atomic mass is 16.5. The lowest BCUT2D eigenvalue weighted by atomic mass is 9.48. The van der Waals surface area contributed by atoms with Crippen LogP contribution in [0.1, 0.15) is 33.1 Å². The predicted molar refractivity (Wildman–Crippen MR) is 72.8 cm³/mol. The van der Waals surface area contributed by atoms with Gasteiger partial charge >= 0.3 is 5.97 Å². The minimum Gasteiger partial charge on any atom is -0.469 e. The maximum absolute atomic E-state index is 12.4. The number of carbonyl (C=O) groups is 2. The van der Waals surface area contributed by atoms with Crippen molar-refractivity contribution in [2.24, 2.45) is 17.1 Å². The number of methoxy groups -OCH3 is 1. The van der Waals surface area contributed by atoms with Gasteiger partial charge in [-0.25, -0.2) is 0 Å². The van der Waals surface area contributed by atoms with Gasteiger partial charge in [0.15, 0.2) is 0 Å². The van der Waals surface area contributed by atoms with E-state index >= 15 is 0 Å². The molecule has 1 aliphatic heterocycles. The Morgan fingerprint density at radius 1 is 1.45 bits per heavy atom. The second-order valence-electron chi connectivity index (χ2n) is 6.21. The Hall–Kier alpha value is -1.14. The summed E-state index contributed by atoms with van der Waals surface area (Å²) in [6.45, 7) is 5.07. The Balaban J connectivity index is 1.87. The van der Waals surface area contributed by atoms with E-state index in [1.807, 2.05) is 13.8 Å². The fraction of sp³-hybridized carbons (Fsp3) is 0.857. The van der Waals surface area contributed by atoms with Crippen LogP contribution in [-0.2, 0) is 19.1 Å². The summed E-state index contributed by atoms with van der Waals surface area (Å²) in [5.74, 6) is -0.313. The number of rotatable bonds is 5. The molecule has 2 rings (SSSR count). The molecule has 0 aromatic carbocycles. The molecule has 0 bridgehead atoms. The monoisotopic (exact) mass is 284 g/mol. The Bertz CT molecular complexity index is 410. The minimum absolute atomic E-state index is 0.0771. The molecule has 0 aromatic rings. The summed E-state index contributed by atoms with van der Waals surface area (Å²) >= 11 is 0. The molecule has 0 spiro atoms. The Morgan fingerprint density at radius 2 is 2.15 bits per heavy atom. The molecule has 1 amide bonds. The van der Waals surface area contributed by atoms with Crippen LogP contribution in [0.25, 0.3) is 0 Å². The third kappa shape index (κ3) is 2.11. The van der Waals surface area contributed by atoms with Gasteiger partial charge in [0.1, 0.15) is 5.54 Å². The molecular formula is C14H24N2O4. The number of fused-ring (bicyclic) bond motifs is 1. The Labute approximate surface area is 119 Å². The number of nitrogens with one attached hydrogen (secondary N) is 1. The maximum atomic E-state index is 12.4. The number of amides is 1. The zero-order valence-electron chi connectivity index (χ0n) is 12.4. The number of ether oxygens (including phenoxy) is 2. The van der Waals surface area contributed by atoms with Crippen LogP contribution in [0.3, 0.4) is 0 Å². The van der Waals surface area contributed by atoms with Crippen molar-refractivity contribution in [3.05, 3.63) is 0 Å². The standard InChI is InChI=1S/C14H24N2O4/c1-13(2)11-9(6-8-20-11)14(13,15)12(18)16-7-4-5-10(17)19-3/h9,11H,4-8,15H2,1-3H3,(H,16,18). The number of carbonyl (C=O) groups excluding carboxylic acids is 2. The molecule has 6 nitrogen and oxygen atoms in total. The molecule has 3 unspecified atom stereocenters. The molecule has 1 saturated heterocycles. The molecule has 3 N–H and O–H groups in total. The summed E-state index contributed by atoms with van der Waals surface area (Å²) in [6.07, 6.45) is 1.76. The second kappa shape index (κ2) is 5.33. The fourth-order valence-electron chi connectivity index (χ4n) is 3.53. The molecule has 1 heterocycles. The molecule has 1 aliphatic carbocycles. The quantitative estimate of drug-likeness (QED) is 0.556. The highest BCUT2D eigenvalue weighted by Crippen LogP contribution is 2.58. The van der Waals surface area contributed by atoms with Gasteiger partial charge in [-0.05, 0) is 12.8 Å². The summed E-state index contributed by atoms with van der Waals surface area (Å²) < 4.78 is 10.2. The van der Waals surface area contributed by atoms with Crippen LogP contribution in [0, 0.1) is 11.3 Å². The van der Waals surface area contributed by atoms with Crippen molar-refractivity contribution >= 4 is 11.9 Å². The number of hydrogen-bond donors (Lipinski definition) is 2. The highest BCUT2D eigenvalue weighted by Gasteiger charge is 2.71. The summed E-state index contributed by atoms with van der Waals surface area (Å²) in [7, 11) is 1.35. The average Bonchev–Trinajstić information content (AvgIpc) is 2.90. The van der Waals surface area contributed by atoms with E-state index in [-0.39, 0.29) is 29.3 Å². The van der Waals surface area contributed by atoms with Gasteiger partial charge in [-0.3, -0.25) is 9.59 Å². The van der Waals surface area contributed by atoms with Gasteiger partial charge in [-0.1, -0.05) is 13.8 Å². The summed E-state index contributed by atoms with van der Waals surface area (Å²) in [6, 6.07) is 0. The van der Waals surface area contributed by atoms with E-state index in [2.05, 4.69) is 10.1 Å².